The molecule has 0 heterocycles. The maximum absolute atomic E-state index is 5.36. The van der Waals surface area contributed by atoms with Crippen LogP contribution < -0.4 is 10.1 Å². The summed E-state index contributed by atoms with van der Waals surface area (Å²) in [5.74, 6) is 0.984. The Hall–Kier alpha value is -1.06. The lowest BCUT2D eigenvalue weighted by Gasteiger charge is -2.19. The number of benzene rings is 1. The lowest BCUT2D eigenvalue weighted by atomic mass is 10.0. The number of aryl methyl sites for hydroxylation is 2. The number of nitrogens with one attached hydrogen (secondary N) is 1. The van der Waals surface area contributed by atoms with Gasteiger partial charge in [0.15, 0.2) is 0 Å². The molecule has 0 aliphatic rings. The van der Waals surface area contributed by atoms with Crippen LogP contribution in [-0.4, -0.2) is 39.2 Å². The summed E-state index contributed by atoms with van der Waals surface area (Å²) in [7, 11) is 5.93. The van der Waals surface area contributed by atoms with E-state index in [1.807, 2.05) is 7.05 Å². The Morgan fingerprint density at radius 3 is 2.53 bits per heavy atom. The summed E-state index contributed by atoms with van der Waals surface area (Å²) >= 11 is 0. The Labute approximate surface area is 118 Å². The van der Waals surface area contributed by atoms with E-state index < -0.39 is 0 Å². The molecule has 1 N–H and O–H groups in total. The van der Waals surface area contributed by atoms with Crippen LogP contribution in [0.5, 0.6) is 5.75 Å². The molecule has 0 amide bonds. The minimum atomic E-state index is 0.984. The summed E-state index contributed by atoms with van der Waals surface area (Å²) in [5, 5.41) is 3.19. The fourth-order valence-electron chi connectivity index (χ4n) is 2.29. The molecule has 0 unspecified atom stereocenters. The van der Waals surface area contributed by atoms with Crippen LogP contribution in [0.1, 0.15) is 29.5 Å². The molecule has 1 rings (SSSR count). The van der Waals surface area contributed by atoms with Gasteiger partial charge >= 0.3 is 0 Å². The molecule has 108 valence electrons. The number of ether oxygens (including phenoxy) is 1. The first kappa shape index (κ1) is 16.0. The molecule has 0 aliphatic carbocycles. The second-order valence-electron chi connectivity index (χ2n) is 5.30. The molecule has 1 aromatic carbocycles. The van der Waals surface area contributed by atoms with Gasteiger partial charge in [-0.15, -0.1) is 0 Å². The highest BCUT2D eigenvalue weighted by Crippen LogP contribution is 2.23. The van der Waals surface area contributed by atoms with Crippen molar-refractivity contribution in [2.24, 2.45) is 0 Å². The molecule has 0 saturated heterocycles. The Morgan fingerprint density at radius 2 is 1.89 bits per heavy atom. The predicted molar refractivity (Wildman–Crippen MR) is 82.0 cm³/mol. The van der Waals surface area contributed by atoms with Gasteiger partial charge in [-0.1, -0.05) is 6.07 Å². The van der Waals surface area contributed by atoms with E-state index in [0.29, 0.717) is 0 Å². The zero-order valence-corrected chi connectivity index (χ0v) is 13.0. The summed E-state index contributed by atoms with van der Waals surface area (Å²) < 4.78 is 5.36. The second-order valence-corrected chi connectivity index (χ2v) is 5.30. The maximum Gasteiger partial charge on any atom is 0.122 e. The highest BCUT2D eigenvalue weighted by molar-refractivity contribution is 5.41. The predicted octanol–water partition coefficient (Wildman–Crippen LogP) is 2.74. The van der Waals surface area contributed by atoms with Gasteiger partial charge in [0.1, 0.15) is 5.75 Å². The van der Waals surface area contributed by atoms with Crippen LogP contribution in [0.2, 0.25) is 0 Å². The van der Waals surface area contributed by atoms with Crippen LogP contribution in [0.3, 0.4) is 0 Å². The summed E-state index contributed by atoms with van der Waals surface area (Å²) in [6, 6.07) is 4.39. The van der Waals surface area contributed by atoms with E-state index in [2.05, 4.69) is 43.2 Å². The van der Waals surface area contributed by atoms with Gasteiger partial charge in [-0.3, -0.25) is 0 Å². The molecule has 19 heavy (non-hydrogen) atoms. The average molecular weight is 264 g/mol. The number of unbranched alkanes of at least 4 members (excludes halogenated alkanes) is 1. The Bertz CT molecular complexity index is 391. The standard InChI is InChI=1S/C16H28N2O/c1-13-11-16(19-5)14(2)10-15(13)12-18(4)9-7-6-8-17-3/h10-11,17H,6-9,12H2,1-5H3. The Kier molecular flexibility index (Phi) is 6.89. The van der Waals surface area contributed by atoms with E-state index in [4.69, 9.17) is 4.74 Å². The third kappa shape index (κ3) is 5.21. The first-order valence-electron chi connectivity index (χ1n) is 7.05. The third-order valence-corrected chi connectivity index (χ3v) is 3.51. The zero-order valence-electron chi connectivity index (χ0n) is 13.0. The molecule has 1 aromatic rings. The molecule has 0 atom stereocenters. The molecule has 3 heteroatoms. The van der Waals surface area contributed by atoms with Gasteiger partial charge in [0.2, 0.25) is 0 Å². The molecule has 3 nitrogen and oxygen atoms in total. The van der Waals surface area contributed by atoms with Crippen LogP contribution >= 0.6 is 0 Å². The van der Waals surface area contributed by atoms with Crippen LogP contribution in [0.15, 0.2) is 12.1 Å². The van der Waals surface area contributed by atoms with Crippen molar-refractivity contribution in [2.75, 3.05) is 34.3 Å². The van der Waals surface area contributed by atoms with Crippen molar-refractivity contribution in [1.29, 1.82) is 0 Å². The number of nitrogens with zero attached hydrogens (tertiary/aromatic N) is 1. The lowest BCUT2D eigenvalue weighted by Crippen LogP contribution is -2.21. The second kappa shape index (κ2) is 8.18. The first-order chi connectivity index (χ1) is 9.08. The van der Waals surface area contributed by atoms with Gasteiger partial charge < -0.3 is 15.0 Å². The lowest BCUT2D eigenvalue weighted by molar-refractivity contribution is 0.317. The summed E-state index contributed by atoms with van der Waals surface area (Å²) in [4.78, 5) is 2.39. The third-order valence-electron chi connectivity index (χ3n) is 3.51. The van der Waals surface area contributed by atoms with Gasteiger partial charge in [0.05, 0.1) is 7.11 Å². The zero-order chi connectivity index (χ0) is 14.3. The largest absolute Gasteiger partial charge is 0.496 e. The molecule has 0 saturated carbocycles. The number of rotatable bonds is 8. The number of hydrogen-bond acceptors (Lipinski definition) is 3. The smallest absolute Gasteiger partial charge is 0.122 e. The molecule has 0 fully saturated rings. The highest BCUT2D eigenvalue weighted by Gasteiger charge is 2.07. The minimum absolute atomic E-state index is 0.984. The monoisotopic (exact) mass is 264 g/mol. The van der Waals surface area contributed by atoms with Crippen LogP contribution in [0.25, 0.3) is 0 Å². The molecule has 0 aromatic heterocycles. The van der Waals surface area contributed by atoms with E-state index in [1.54, 1.807) is 7.11 Å². The van der Waals surface area contributed by atoms with E-state index in [1.165, 1.54) is 29.5 Å². The minimum Gasteiger partial charge on any atom is -0.496 e. The van der Waals surface area contributed by atoms with E-state index >= 15 is 0 Å². The Balaban J connectivity index is 2.54. The maximum atomic E-state index is 5.36. The van der Waals surface area contributed by atoms with E-state index in [9.17, 15) is 0 Å². The molecule has 0 aliphatic heterocycles. The fourth-order valence-corrected chi connectivity index (χ4v) is 2.29. The van der Waals surface area contributed by atoms with Crippen LogP contribution in [0.4, 0.5) is 0 Å². The van der Waals surface area contributed by atoms with Gasteiger partial charge in [0.25, 0.3) is 0 Å². The van der Waals surface area contributed by atoms with E-state index in [-0.39, 0.29) is 0 Å². The topological polar surface area (TPSA) is 24.5 Å². The summed E-state index contributed by atoms with van der Waals surface area (Å²) in [6.45, 7) is 7.53. The molecule has 0 radical (unpaired) electrons. The SMILES string of the molecule is CNCCCCN(C)Cc1cc(C)c(OC)cc1C. The van der Waals surface area contributed by atoms with Crippen molar-refractivity contribution < 1.29 is 4.74 Å². The number of hydrogen-bond donors (Lipinski definition) is 1. The highest BCUT2D eigenvalue weighted by atomic mass is 16.5. The van der Waals surface area contributed by atoms with Crippen molar-refractivity contribution in [3.8, 4) is 5.75 Å². The van der Waals surface area contributed by atoms with Gasteiger partial charge in [-0.2, -0.15) is 0 Å². The van der Waals surface area contributed by atoms with Crippen molar-refractivity contribution in [2.45, 2.75) is 33.2 Å². The van der Waals surface area contributed by atoms with Crippen molar-refractivity contribution in [1.82, 2.24) is 10.2 Å². The average Bonchev–Trinajstić information content (AvgIpc) is 2.38. The van der Waals surface area contributed by atoms with Crippen molar-refractivity contribution in [3.05, 3.63) is 28.8 Å². The van der Waals surface area contributed by atoms with Crippen molar-refractivity contribution >= 4 is 0 Å². The van der Waals surface area contributed by atoms with Gasteiger partial charge in [0, 0.05) is 6.54 Å². The van der Waals surface area contributed by atoms with E-state index in [0.717, 1.165) is 25.4 Å². The number of methoxy groups -OCH3 is 1. The fraction of sp³-hybridized carbons (Fsp3) is 0.625. The molecular formula is C16H28N2O. The molecular weight excluding hydrogens is 236 g/mol. The van der Waals surface area contributed by atoms with Crippen LogP contribution in [0, 0.1) is 13.8 Å². The van der Waals surface area contributed by atoms with Gasteiger partial charge in [-0.25, -0.2) is 0 Å². The van der Waals surface area contributed by atoms with Gasteiger partial charge in [-0.05, 0) is 76.6 Å². The quantitative estimate of drug-likeness (QED) is 0.731. The van der Waals surface area contributed by atoms with Crippen molar-refractivity contribution in [3.63, 3.8) is 0 Å². The Morgan fingerprint density at radius 1 is 1.16 bits per heavy atom. The molecule has 0 spiro atoms. The molecule has 0 bridgehead atoms. The first-order valence-corrected chi connectivity index (χ1v) is 7.05. The van der Waals surface area contributed by atoms with Crippen LogP contribution in [-0.2, 0) is 6.54 Å². The summed E-state index contributed by atoms with van der Waals surface area (Å²) in [6.07, 6.45) is 2.48. The summed E-state index contributed by atoms with van der Waals surface area (Å²) in [5.41, 5.74) is 3.92. The normalized spacial score (nSPS) is 11.1.